The van der Waals surface area contributed by atoms with Gasteiger partial charge in [-0.3, -0.25) is 0 Å². The van der Waals surface area contributed by atoms with Gasteiger partial charge in [0.05, 0.1) is 19.3 Å². The van der Waals surface area contributed by atoms with Crippen LogP contribution in [0.4, 0.5) is 0 Å². The molecule has 7 heteroatoms. The van der Waals surface area contributed by atoms with Gasteiger partial charge in [0, 0.05) is 16.6 Å². The number of hydrogen-bond acceptors (Lipinski definition) is 5. The first-order chi connectivity index (χ1) is 9.56. The van der Waals surface area contributed by atoms with Crippen molar-refractivity contribution in [2.24, 2.45) is 0 Å². The summed E-state index contributed by atoms with van der Waals surface area (Å²) in [5.41, 5.74) is 1.02. The SMILES string of the molecule is COCc1nc(-c2cc(Cl)ccc2Br)oc1C(=O)OC. The minimum absolute atomic E-state index is 0.0243. The second-order valence-electron chi connectivity index (χ2n) is 3.84. The maximum absolute atomic E-state index is 11.7. The van der Waals surface area contributed by atoms with Crippen molar-refractivity contribution in [1.29, 1.82) is 0 Å². The molecule has 2 aromatic rings. The fourth-order valence-electron chi connectivity index (χ4n) is 1.62. The minimum atomic E-state index is -0.603. The quantitative estimate of drug-likeness (QED) is 0.778. The molecule has 1 aromatic heterocycles. The normalized spacial score (nSPS) is 10.6. The summed E-state index contributed by atoms with van der Waals surface area (Å²) in [5.74, 6) is -0.308. The zero-order valence-corrected chi connectivity index (χ0v) is 13.1. The van der Waals surface area contributed by atoms with E-state index >= 15 is 0 Å². The van der Waals surface area contributed by atoms with Gasteiger partial charge in [0.1, 0.15) is 5.69 Å². The molecule has 0 bridgehead atoms. The molecule has 2 rings (SSSR count). The lowest BCUT2D eigenvalue weighted by Gasteiger charge is -2.00. The average molecular weight is 361 g/mol. The molecule has 0 radical (unpaired) electrons. The summed E-state index contributed by atoms with van der Waals surface area (Å²) >= 11 is 9.35. The van der Waals surface area contributed by atoms with E-state index in [1.54, 1.807) is 18.2 Å². The van der Waals surface area contributed by atoms with Crippen molar-refractivity contribution in [3.63, 3.8) is 0 Å². The van der Waals surface area contributed by atoms with Crippen LogP contribution in [0.25, 0.3) is 11.5 Å². The Morgan fingerprint density at radius 3 is 2.85 bits per heavy atom. The van der Waals surface area contributed by atoms with Crippen LogP contribution in [0, 0.1) is 0 Å². The Balaban J connectivity index is 2.52. The van der Waals surface area contributed by atoms with Crippen molar-refractivity contribution in [3.05, 3.63) is 39.1 Å². The number of carbonyl (C=O) groups excluding carboxylic acids is 1. The first-order valence-corrected chi connectivity index (χ1v) is 6.76. The molecule has 5 nitrogen and oxygen atoms in total. The van der Waals surface area contributed by atoms with Crippen LogP contribution < -0.4 is 0 Å². The summed E-state index contributed by atoms with van der Waals surface area (Å²) in [4.78, 5) is 15.9. The van der Waals surface area contributed by atoms with Crippen LogP contribution in [-0.4, -0.2) is 25.2 Å². The first-order valence-electron chi connectivity index (χ1n) is 5.59. The van der Waals surface area contributed by atoms with Gasteiger partial charge in [-0.2, -0.15) is 0 Å². The van der Waals surface area contributed by atoms with E-state index in [0.29, 0.717) is 16.3 Å². The van der Waals surface area contributed by atoms with Crippen LogP contribution in [-0.2, 0) is 16.1 Å². The van der Waals surface area contributed by atoms with E-state index in [1.165, 1.54) is 14.2 Å². The molecule has 106 valence electrons. The summed E-state index contributed by atoms with van der Waals surface area (Å²) in [5, 5.41) is 0.536. The number of methoxy groups -OCH3 is 2. The first kappa shape index (κ1) is 15.0. The maximum atomic E-state index is 11.7. The van der Waals surface area contributed by atoms with Crippen LogP contribution in [0.1, 0.15) is 16.2 Å². The third-order valence-electron chi connectivity index (χ3n) is 2.51. The molecule has 0 amide bonds. The van der Waals surface area contributed by atoms with E-state index in [0.717, 1.165) is 4.47 Å². The van der Waals surface area contributed by atoms with E-state index in [2.05, 4.69) is 25.7 Å². The van der Waals surface area contributed by atoms with Crippen molar-refractivity contribution >= 4 is 33.5 Å². The van der Waals surface area contributed by atoms with Crippen LogP contribution >= 0.6 is 27.5 Å². The van der Waals surface area contributed by atoms with Gasteiger partial charge < -0.3 is 13.9 Å². The second-order valence-corrected chi connectivity index (χ2v) is 5.13. The van der Waals surface area contributed by atoms with Crippen molar-refractivity contribution in [2.45, 2.75) is 6.61 Å². The number of aromatic nitrogens is 1. The number of benzene rings is 1. The summed E-state index contributed by atoms with van der Waals surface area (Å²) in [6.45, 7) is 0.145. The summed E-state index contributed by atoms with van der Waals surface area (Å²) in [6.07, 6.45) is 0. The van der Waals surface area contributed by atoms with Gasteiger partial charge in [-0.15, -0.1) is 0 Å². The van der Waals surface area contributed by atoms with Gasteiger partial charge in [-0.1, -0.05) is 11.6 Å². The zero-order chi connectivity index (χ0) is 14.7. The lowest BCUT2D eigenvalue weighted by atomic mass is 10.2. The molecule has 0 spiro atoms. The van der Waals surface area contributed by atoms with Gasteiger partial charge in [-0.25, -0.2) is 9.78 Å². The number of esters is 1. The molecular weight excluding hydrogens is 350 g/mol. The highest BCUT2D eigenvalue weighted by Gasteiger charge is 2.22. The molecule has 0 N–H and O–H groups in total. The molecule has 0 aliphatic heterocycles. The topological polar surface area (TPSA) is 61.6 Å². The summed E-state index contributed by atoms with van der Waals surface area (Å²) in [6, 6.07) is 5.19. The van der Waals surface area contributed by atoms with Crippen molar-refractivity contribution in [3.8, 4) is 11.5 Å². The highest BCUT2D eigenvalue weighted by molar-refractivity contribution is 9.10. The summed E-state index contributed by atoms with van der Waals surface area (Å²) in [7, 11) is 2.78. The Kier molecular flexibility index (Phi) is 4.80. The monoisotopic (exact) mass is 359 g/mol. The molecular formula is C13H11BrClNO4. The van der Waals surface area contributed by atoms with E-state index in [1.807, 2.05) is 0 Å². The number of nitrogens with zero attached hydrogens (tertiary/aromatic N) is 1. The number of hydrogen-bond donors (Lipinski definition) is 0. The molecule has 20 heavy (non-hydrogen) atoms. The number of ether oxygens (including phenoxy) is 2. The van der Waals surface area contributed by atoms with E-state index in [4.69, 9.17) is 20.8 Å². The van der Waals surface area contributed by atoms with Crippen LogP contribution in [0.15, 0.2) is 27.1 Å². The largest absolute Gasteiger partial charge is 0.463 e. The minimum Gasteiger partial charge on any atom is -0.463 e. The molecule has 1 heterocycles. The van der Waals surface area contributed by atoms with Gasteiger partial charge in [0.25, 0.3) is 0 Å². The molecule has 0 atom stereocenters. The number of rotatable bonds is 4. The Labute approximate surface area is 129 Å². The third kappa shape index (κ3) is 3.03. The molecule has 0 saturated heterocycles. The maximum Gasteiger partial charge on any atom is 0.376 e. The highest BCUT2D eigenvalue weighted by atomic mass is 79.9. The van der Waals surface area contributed by atoms with Gasteiger partial charge in [-0.05, 0) is 34.1 Å². The Morgan fingerprint density at radius 1 is 1.45 bits per heavy atom. The zero-order valence-electron chi connectivity index (χ0n) is 10.8. The molecule has 1 aromatic carbocycles. The molecule has 0 unspecified atom stereocenters. The van der Waals surface area contributed by atoms with Gasteiger partial charge >= 0.3 is 5.97 Å². The predicted octanol–water partition coefficient (Wildman–Crippen LogP) is 3.69. The number of carbonyl (C=O) groups is 1. The fraction of sp³-hybridized carbons (Fsp3) is 0.231. The van der Waals surface area contributed by atoms with Gasteiger partial charge in [0.2, 0.25) is 11.7 Å². The van der Waals surface area contributed by atoms with Crippen LogP contribution in [0.3, 0.4) is 0 Å². The standard InChI is InChI=1S/C13H11BrClNO4/c1-18-6-10-11(13(17)19-2)20-12(16-10)8-5-7(15)3-4-9(8)14/h3-5H,6H2,1-2H3. The van der Waals surface area contributed by atoms with Crippen molar-refractivity contribution < 1.29 is 18.7 Å². The molecule has 0 fully saturated rings. The average Bonchev–Trinajstić information content (AvgIpc) is 2.85. The Hall–Kier alpha value is -1.37. The Bertz CT molecular complexity index is 641. The van der Waals surface area contributed by atoms with Crippen LogP contribution in [0.2, 0.25) is 5.02 Å². The lowest BCUT2D eigenvalue weighted by molar-refractivity contribution is 0.0559. The highest BCUT2D eigenvalue weighted by Crippen LogP contribution is 2.31. The molecule has 0 saturated carbocycles. The Morgan fingerprint density at radius 2 is 2.20 bits per heavy atom. The van der Waals surface area contributed by atoms with Crippen molar-refractivity contribution in [2.75, 3.05) is 14.2 Å². The summed E-state index contributed by atoms with van der Waals surface area (Å²) < 4.78 is 15.9. The van der Waals surface area contributed by atoms with E-state index in [9.17, 15) is 4.79 Å². The van der Waals surface area contributed by atoms with Crippen LogP contribution in [0.5, 0.6) is 0 Å². The third-order valence-corrected chi connectivity index (χ3v) is 3.43. The van der Waals surface area contributed by atoms with E-state index < -0.39 is 5.97 Å². The predicted molar refractivity (Wildman–Crippen MR) is 76.7 cm³/mol. The lowest BCUT2D eigenvalue weighted by Crippen LogP contribution is -2.04. The number of halogens is 2. The smallest absolute Gasteiger partial charge is 0.376 e. The number of oxazole rings is 1. The van der Waals surface area contributed by atoms with E-state index in [-0.39, 0.29) is 18.3 Å². The van der Waals surface area contributed by atoms with Gasteiger partial charge in [0.15, 0.2) is 0 Å². The molecule has 0 aliphatic carbocycles. The second kappa shape index (κ2) is 6.39. The molecule has 0 aliphatic rings. The fourth-order valence-corrected chi connectivity index (χ4v) is 2.20. The van der Waals surface area contributed by atoms with Crippen molar-refractivity contribution in [1.82, 2.24) is 4.98 Å².